The molecule has 17 nitrogen and oxygen atoms in total. The van der Waals surface area contributed by atoms with Gasteiger partial charge in [-0.15, -0.1) is 0 Å². The molecule has 0 rings (SSSR count). The number of carbonyl (C=O) groups excluding carboxylic acids is 4. The molecule has 0 amide bonds. The second-order valence-electron chi connectivity index (χ2n) is 26.6. The Morgan fingerprint density at radius 1 is 0.275 bits per heavy atom. The van der Waals surface area contributed by atoms with E-state index in [0.717, 1.165) is 180 Å². The molecule has 0 saturated carbocycles. The number of carbonyl (C=O) groups is 4. The number of aliphatic hydroxyl groups excluding tert-OH is 1. The van der Waals surface area contributed by atoms with E-state index in [1.54, 1.807) is 0 Å². The Kier molecular flexibility index (Phi) is 71.8. The first kappa shape index (κ1) is 97.7. The molecule has 0 aromatic carbocycles. The molecular weight excluding hydrogens is 1330 g/mol. The second kappa shape index (κ2) is 75.0. The lowest BCUT2D eigenvalue weighted by molar-refractivity contribution is -0.161. The van der Waals surface area contributed by atoms with Crippen molar-refractivity contribution in [2.75, 3.05) is 39.6 Å². The van der Waals surface area contributed by atoms with Crippen molar-refractivity contribution in [1.82, 2.24) is 0 Å². The summed E-state index contributed by atoms with van der Waals surface area (Å²) in [5, 5.41) is 10.6. The zero-order chi connectivity index (χ0) is 74.6. The summed E-state index contributed by atoms with van der Waals surface area (Å²) in [6.07, 6.45) is 80.5. The summed E-state index contributed by atoms with van der Waals surface area (Å²) in [6, 6.07) is 0. The fraction of sp³-hybridized carbons (Fsp3) is 0.735. The molecule has 0 bridgehead atoms. The van der Waals surface area contributed by atoms with Crippen molar-refractivity contribution in [3.05, 3.63) is 109 Å². The molecule has 0 aromatic heterocycles. The minimum Gasteiger partial charge on any atom is -0.462 e. The summed E-state index contributed by atoms with van der Waals surface area (Å²) >= 11 is 0. The van der Waals surface area contributed by atoms with Gasteiger partial charge in [-0.05, 0) is 161 Å². The predicted octanol–water partition coefficient (Wildman–Crippen LogP) is 23.3. The molecule has 0 aliphatic heterocycles. The second-order valence-corrected chi connectivity index (χ2v) is 29.5. The van der Waals surface area contributed by atoms with Crippen molar-refractivity contribution < 1.29 is 80.2 Å². The van der Waals surface area contributed by atoms with Crippen molar-refractivity contribution in [1.29, 1.82) is 0 Å². The van der Waals surface area contributed by atoms with Gasteiger partial charge in [0.1, 0.15) is 19.3 Å². The first-order valence-electron chi connectivity index (χ1n) is 40.1. The minimum absolute atomic E-state index is 0.0724. The van der Waals surface area contributed by atoms with Gasteiger partial charge in [0, 0.05) is 25.7 Å². The van der Waals surface area contributed by atoms with E-state index in [-0.39, 0.29) is 25.7 Å². The van der Waals surface area contributed by atoms with Crippen LogP contribution in [0.1, 0.15) is 336 Å². The van der Waals surface area contributed by atoms with Crippen molar-refractivity contribution in [3.63, 3.8) is 0 Å². The maximum atomic E-state index is 13.1. The van der Waals surface area contributed by atoms with Gasteiger partial charge in [0.05, 0.1) is 26.4 Å². The lowest BCUT2D eigenvalue weighted by Crippen LogP contribution is -2.30. The van der Waals surface area contributed by atoms with Crippen LogP contribution in [0.4, 0.5) is 0 Å². The fourth-order valence-electron chi connectivity index (χ4n) is 10.5. The highest BCUT2D eigenvalue weighted by Gasteiger charge is 2.30. The SMILES string of the molecule is CCCCCC=CCC=CCC=CCCCCCCC(=O)OC[C@H](COP(=O)(O)OCC(O)COP(=O)(O)OC[C@@H](COC(=O)CCCCCCCC=CCC=CCCCCC)OC(=O)CCCCCCCC=CCC=CCCCCC)OC(=O)CCCCCCCC=CCC=CCCCCC. The summed E-state index contributed by atoms with van der Waals surface area (Å²) in [5.74, 6) is -2.24. The molecule has 5 atom stereocenters. The number of esters is 4. The van der Waals surface area contributed by atoms with Crippen LogP contribution in [0.2, 0.25) is 0 Å². The Morgan fingerprint density at radius 2 is 0.480 bits per heavy atom. The highest BCUT2D eigenvalue weighted by molar-refractivity contribution is 7.47. The fourth-order valence-corrected chi connectivity index (χ4v) is 12.1. The van der Waals surface area contributed by atoms with Gasteiger partial charge in [0.2, 0.25) is 0 Å². The molecule has 102 heavy (non-hydrogen) atoms. The van der Waals surface area contributed by atoms with E-state index >= 15 is 0 Å². The summed E-state index contributed by atoms with van der Waals surface area (Å²) in [5.41, 5.74) is 0. The number of rotatable bonds is 75. The Balaban J connectivity index is 5.41. The number of aliphatic hydroxyl groups is 1. The largest absolute Gasteiger partial charge is 0.472 e. The number of hydrogen-bond acceptors (Lipinski definition) is 15. The van der Waals surface area contributed by atoms with E-state index in [2.05, 4.69) is 137 Å². The van der Waals surface area contributed by atoms with E-state index in [1.165, 1.54) is 77.0 Å². The molecule has 0 spiro atoms. The Hall–Kier alpha value is -4.28. The average Bonchev–Trinajstić information content (AvgIpc) is 0.923. The van der Waals surface area contributed by atoms with Gasteiger partial charge < -0.3 is 33.8 Å². The molecule has 0 aliphatic carbocycles. The summed E-state index contributed by atoms with van der Waals surface area (Å²) < 4.78 is 68.6. The number of allylic oxidation sites excluding steroid dienone is 18. The van der Waals surface area contributed by atoms with Crippen molar-refractivity contribution >= 4 is 39.5 Å². The van der Waals surface area contributed by atoms with Crippen molar-refractivity contribution in [2.24, 2.45) is 0 Å². The van der Waals surface area contributed by atoms with Gasteiger partial charge in [0.15, 0.2) is 12.2 Å². The topological polar surface area (TPSA) is 237 Å². The van der Waals surface area contributed by atoms with Crippen LogP contribution in [-0.2, 0) is 65.4 Å². The molecule has 19 heteroatoms. The number of hydrogen-bond donors (Lipinski definition) is 3. The van der Waals surface area contributed by atoms with Gasteiger partial charge in [0.25, 0.3) is 0 Å². The summed E-state index contributed by atoms with van der Waals surface area (Å²) in [4.78, 5) is 73.0. The molecule has 3 N–H and O–H groups in total. The maximum Gasteiger partial charge on any atom is 0.472 e. The van der Waals surface area contributed by atoms with Gasteiger partial charge >= 0.3 is 39.5 Å². The van der Waals surface area contributed by atoms with E-state index in [4.69, 9.17) is 37.0 Å². The first-order valence-corrected chi connectivity index (χ1v) is 43.1. The highest BCUT2D eigenvalue weighted by atomic mass is 31.2. The number of phosphoric ester groups is 2. The Bertz CT molecular complexity index is 2360. The summed E-state index contributed by atoms with van der Waals surface area (Å²) in [7, 11) is -9.97. The van der Waals surface area contributed by atoms with E-state index in [0.29, 0.717) is 25.7 Å². The Morgan fingerprint density at radius 3 is 0.735 bits per heavy atom. The molecular formula is C83H144O17P2. The third-order valence-electron chi connectivity index (χ3n) is 16.7. The van der Waals surface area contributed by atoms with Crippen LogP contribution in [0.5, 0.6) is 0 Å². The standard InChI is InChI=1S/C83H144O17P2/c1-5-9-13-17-21-25-29-33-37-38-42-44-48-52-56-60-64-68-81(86)94-74-79(100-83(88)70-66-62-58-54-50-46-41-36-32-28-24-20-16-12-8-4)76-98-102(91,92)96-72-77(84)71-95-101(89,90)97-75-78(99-82(87)69-65-61-57-53-49-45-40-35-31-27-23-19-15-11-7-3)73-93-80(85)67-63-59-55-51-47-43-39-34-30-26-22-18-14-10-6-2/h21-28,33-37,39-42,44,77-79,84H,5-20,29-32,38,43,45-76H2,1-4H3,(H,89,90)(H,91,92)/t77?,78-,79-/m1/s1. The smallest absolute Gasteiger partial charge is 0.462 e. The third kappa shape index (κ3) is 74.0. The molecule has 0 radical (unpaired) electrons. The maximum absolute atomic E-state index is 13.1. The zero-order valence-corrected chi connectivity index (χ0v) is 66.0. The average molecular weight is 1480 g/mol. The van der Waals surface area contributed by atoms with Gasteiger partial charge in [-0.2, -0.15) is 0 Å². The molecule has 0 aliphatic rings. The van der Waals surface area contributed by atoms with Crippen LogP contribution in [0.25, 0.3) is 0 Å². The Labute approximate surface area is 619 Å². The van der Waals surface area contributed by atoms with Gasteiger partial charge in [-0.25, -0.2) is 9.13 Å². The molecule has 3 unspecified atom stereocenters. The van der Waals surface area contributed by atoms with Crippen molar-refractivity contribution in [3.8, 4) is 0 Å². The predicted molar refractivity (Wildman–Crippen MR) is 418 cm³/mol. The van der Waals surface area contributed by atoms with Crippen molar-refractivity contribution in [2.45, 2.75) is 354 Å². The van der Waals surface area contributed by atoms with Gasteiger partial charge in [-0.1, -0.05) is 259 Å². The summed E-state index contributed by atoms with van der Waals surface area (Å²) in [6.45, 7) is 4.72. The normalized spacial score (nSPS) is 14.5. The zero-order valence-electron chi connectivity index (χ0n) is 64.3. The molecule has 0 heterocycles. The third-order valence-corrected chi connectivity index (χ3v) is 18.6. The molecule has 0 aromatic rings. The van der Waals surface area contributed by atoms with Crippen LogP contribution >= 0.6 is 15.6 Å². The quantitative estimate of drug-likeness (QED) is 0.0169. The van der Waals surface area contributed by atoms with Crippen LogP contribution in [-0.4, -0.2) is 96.7 Å². The number of phosphoric acid groups is 2. The van der Waals surface area contributed by atoms with E-state index < -0.39 is 97.5 Å². The molecule has 0 saturated heterocycles. The van der Waals surface area contributed by atoms with Crippen LogP contribution in [0, 0.1) is 0 Å². The number of ether oxygens (including phenoxy) is 4. The molecule has 588 valence electrons. The minimum atomic E-state index is -4.99. The van der Waals surface area contributed by atoms with E-state index in [9.17, 15) is 43.2 Å². The lowest BCUT2D eigenvalue weighted by Gasteiger charge is -2.21. The van der Waals surface area contributed by atoms with E-state index in [1.807, 2.05) is 0 Å². The highest BCUT2D eigenvalue weighted by Crippen LogP contribution is 2.45. The first-order chi connectivity index (χ1) is 49.7. The van der Waals surface area contributed by atoms with Crippen LogP contribution in [0.3, 0.4) is 0 Å². The number of unbranched alkanes of at least 4 members (excludes halogenated alkanes) is 31. The van der Waals surface area contributed by atoms with Crippen LogP contribution in [0.15, 0.2) is 109 Å². The van der Waals surface area contributed by atoms with Gasteiger partial charge in [-0.3, -0.25) is 37.3 Å². The molecule has 0 fully saturated rings. The monoisotopic (exact) mass is 1470 g/mol. The van der Waals surface area contributed by atoms with Crippen LogP contribution < -0.4 is 0 Å². The lowest BCUT2D eigenvalue weighted by atomic mass is 10.1.